The van der Waals surface area contributed by atoms with Crippen LogP contribution in [0.3, 0.4) is 0 Å². The van der Waals surface area contributed by atoms with Crippen molar-refractivity contribution in [2.45, 2.75) is 26.2 Å². The Morgan fingerprint density at radius 2 is 1.85 bits per heavy atom. The summed E-state index contributed by atoms with van der Waals surface area (Å²) >= 11 is 7.06. The first kappa shape index (κ1) is 15.5. The van der Waals surface area contributed by atoms with Crippen LogP contribution < -0.4 is 16.0 Å². The van der Waals surface area contributed by atoms with Crippen molar-refractivity contribution in [3.8, 4) is 5.75 Å². The van der Waals surface area contributed by atoms with Crippen LogP contribution in [0, 0.1) is 0 Å². The smallest absolute Gasteiger partial charge is 0.144 e. The Bertz CT molecular complexity index is 666. The number of ether oxygens (including phenoxy) is 1. The third-order valence-corrected chi connectivity index (χ3v) is 4.26. The summed E-state index contributed by atoms with van der Waals surface area (Å²) in [5.41, 5.74) is 5.26. The first-order valence-corrected chi connectivity index (χ1v) is 7.72. The number of pyridine rings is 1. The molecule has 6 heteroatoms. The monoisotopic (exact) mass is 401 g/mol. The van der Waals surface area contributed by atoms with Crippen LogP contribution in [0.2, 0.25) is 0 Å². The lowest BCUT2D eigenvalue weighted by Gasteiger charge is -2.21. The Kier molecular flexibility index (Phi) is 4.27. The summed E-state index contributed by atoms with van der Waals surface area (Å²) in [4.78, 5) is 4.76. The third kappa shape index (κ3) is 2.64. The first-order chi connectivity index (χ1) is 9.29. The Labute approximate surface area is 135 Å². The summed E-state index contributed by atoms with van der Waals surface area (Å²) in [7, 11) is 1.63. The molecule has 0 saturated heterocycles. The summed E-state index contributed by atoms with van der Waals surface area (Å²) in [5.74, 6) is 6.40. The normalized spacial score (nSPS) is 11.8. The number of nitrogen functional groups attached to an aromatic ring is 1. The molecule has 0 radical (unpaired) electrons. The van der Waals surface area contributed by atoms with E-state index in [9.17, 15) is 0 Å². The maximum atomic E-state index is 5.69. The van der Waals surface area contributed by atoms with Gasteiger partial charge in [-0.25, -0.2) is 0 Å². The molecule has 1 aromatic heterocycles. The highest BCUT2D eigenvalue weighted by Gasteiger charge is 2.21. The number of hydrogen-bond donors (Lipinski definition) is 2. The topological polar surface area (TPSA) is 60.2 Å². The molecule has 2 aromatic rings. The number of methoxy groups -OCH3 is 1. The number of hydrazine groups is 1. The van der Waals surface area contributed by atoms with Gasteiger partial charge < -0.3 is 10.2 Å². The van der Waals surface area contributed by atoms with Gasteiger partial charge in [0.1, 0.15) is 5.75 Å². The van der Waals surface area contributed by atoms with Crippen LogP contribution in [0.25, 0.3) is 10.9 Å². The van der Waals surface area contributed by atoms with E-state index < -0.39 is 0 Å². The zero-order valence-electron chi connectivity index (χ0n) is 11.8. The Hall–Kier alpha value is -0.850. The highest BCUT2D eigenvalue weighted by molar-refractivity contribution is 9.11. The molecule has 0 aliphatic rings. The van der Waals surface area contributed by atoms with Crippen molar-refractivity contribution in [2.24, 2.45) is 5.84 Å². The highest BCUT2D eigenvalue weighted by atomic mass is 79.9. The van der Waals surface area contributed by atoms with Crippen molar-refractivity contribution in [2.75, 3.05) is 12.5 Å². The van der Waals surface area contributed by atoms with Crippen molar-refractivity contribution < 1.29 is 4.74 Å². The van der Waals surface area contributed by atoms with Gasteiger partial charge in [0.05, 0.1) is 28.2 Å². The summed E-state index contributed by atoms with van der Waals surface area (Å²) in [5, 5.41) is 0.851. The zero-order valence-corrected chi connectivity index (χ0v) is 15.0. The van der Waals surface area contributed by atoms with E-state index in [0.717, 1.165) is 31.2 Å². The van der Waals surface area contributed by atoms with Crippen LogP contribution in [0.15, 0.2) is 21.1 Å². The van der Waals surface area contributed by atoms with Crippen molar-refractivity contribution in [1.82, 2.24) is 4.98 Å². The molecule has 0 fully saturated rings. The Balaban J connectivity index is 2.94. The number of anilines is 1. The number of nitrogens with zero attached hydrogens (tertiary/aromatic N) is 1. The molecule has 0 amide bonds. The molecule has 108 valence electrons. The number of fused-ring (bicyclic) bond motifs is 1. The minimum absolute atomic E-state index is 0.0699. The van der Waals surface area contributed by atoms with E-state index in [2.05, 4.69) is 58.1 Å². The molecule has 0 atom stereocenters. The molecule has 1 heterocycles. The van der Waals surface area contributed by atoms with Crippen LogP contribution in [-0.2, 0) is 5.41 Å². The fraction of sp³-hybridized carbons (Fsp3) is 0.357. The van der Waals surface area contributed by atoms with Crippen LogP contribution in [-0.4, -0.2) is 12.1 Å². The molecule has 0 spiro atoms. The zero-order chi connectivity index (χ0) is 15.1. The molecule has 3 N–H and O–H groups in total. The number of hydrogen-bond acceptors (Lipinski definition) is 4. The summed E-state index contributed by atoms with van der Waals surface area (Å²) in [6.45, 7) is 6.35. The summed E-state index contributed by atoms with van der Waals surface area (Å²) < 4.78 is 7.22. The summed E-state index contributed by atoms with van der Waals surface area (Å²) in [6, 6.07) is 3.89. The molecule has 0 unspecified atom stereocenters. The van der Waals surface area contributed by atoms with Crippen LogP contribution in [0.4, 0.5) is 5.69 Å². The standard InChI is InChI=1S/C14H17Br2N3O/c1-14(2,3)10-6-9(19-17)11-12(18-10)7(15)5-8(16)13(11)20-4/h5-6H,17H2,1-4H3,(H,18,19). The molecule has 4 nitrogen and oxygen atoms in total. The van der Waals surface area contributed by atoms with Crippen molar-refractivity contribution >= 4 is 48.5 Å². The van der Waals surface area contributed by atoms with Gasteiger partial charge in [-0.3, -0.25) is 10.8 Å². The maximum absolute atomic E-state index is 5.69. The van der Waals surface area contributed by atoms with Crippen molar-refractivity contribution in [1.29, 1.82) is 0 Å². The van der Waals surface area contributed by atoms with Gasteiger partial charge in [-0.2, -0.15) is 0 Å². The average Bonchev–Trinajstić information content (AvgIpc) is 2.37. The van der Waals surface area contributed by atoms with E-state index in [0.29, 0.717) is 5.75 Å². The lowest BCUT2D eigenvalue weighted by atomic mass is 9.90. The fourth-order valence-corrected chi connectivity index (χ4v) is 3.42. The van der Waals surface area contributed by atoms with Crippen LogP contribution in [0.1, 0.15) is 26.5 Å². The molecule has 0 saturated carbocycles. The van der Waals surface area contributed by atoms with E-state index in [4.69, 9.17) is 15.6 Å². The minimum atomic E-state index is -0.0699. The van der Waals surface area contributed by atoms with Crippen LogP contribution >= 0.6 is 31.9 Å². The van der Waals surface area contributed by atoms with E-state index in [1.165, 1.54) is 0 Å². The van der Waals surface area contributed by atoms with Gasteiger partial charge >= 0.3 is 0 Å². The minimum Gasteiger partial charge on any atom is -0.495 e. The van der Waals surface area contributed by atoms with E-state index >= 15 is 0 Å². The van der Waals surface area contributed by atoms with E-state index in [1.807, 2.05) is 12.1 Å². The van der Waals surface area contributed by atoms with Crippen molar-refractivity contribution in [3.63, 3.8) is 0 Å². The van der Waals surface area contributed by atoms with Crippen LogP contribution in [0.5, 0.6) is 5.75 Å². The lowest BCUT2D eigenvalue weighted by molar-refractivity contribution is 0.417. The van der Waals surface area contributed by atoms with Gasteiger partial charge in [0.25, 0.3) is 0 Å². The molecule has 1 aromatic carbocycles. The van der Waals surface area contributed by atoms with Gasteiger partial charge in [-0.05, 0) is 44.0 Å². The number of aromatic nitrogens is 1. The van der Waals surface area contributed by atoms with Gasteiger partial charge in [0.15, 0.2) is 0 Å². The van der Waals surface area contributed by atoms with E-state index in [-0.39, 0.29) is 5.41 Å². The van der Waals surface area contributed by atoms with Gasteiger partial charge in [0.2, 0.25) is 0 Å². The number of nitrogens with two attached hydrogens (primary N) is 1. The molecule has 0 aliphatic carbocycles. The quantitative estimate of drug-likeness (QED) is 0.579. The van der Waals surface area contributed by atoms with E-state index in [1.54, 1.807) is 7.11 Å². The second kappa shape index (κ2) is 5.50. The molecule has 0 aliphatic heterocycles. The maximum Gasteiger partial charge on any atom is 0.144 e. The SMILES string of the molecule is COc1c(Br)cc(Br)c2nc(C(C)(C)C)cc(NN)c12. The predicted octanol–water partition coefficient (Wildman–Crippen LogP) is 4.35. The number of halogens is 2. The average molecular weight is 403 g/mol. The molecular weight excluding hydrogens is 386 g/mol. The second-order valence-electron chi connectivity index (χ2n) is 5.55. The largest absolute Gasteiger partial charge is 0.495 e. The summed E-state index contributed by atoms with van der Waals surface area (Å²) in [6.07, 6.45) is 0. The Morgan fingerprint density at radius 3 is 2.35 bits per heavy atom. The van der Waals surface area contributed by atoms with Gasteiger partial charge in [-0.1, -0.05) is 20.8 Å². The lowest BCUT2D eigenvalue weighted by Crippen LogP contribution is -2.16. The van der Waals surface area contributed by atoms with Gasteiger partial charge in [-0.15, -0.1) is 0 Å². The second-order valence-corrected chi connectivity index (χ2v) is 7.26. The molecular formula is C14H17Br2N3O. The molecule has 2 rings (SSSR count). The van der Waals surface area contributed by atoms with Crippen molar-refractivity contribution in [3.05, 3.63) is 26.8 Å². The first-order valence-electron chi connectivity index (χ1n) is 6.13. The number of benzene rings is 1. The number of rotatable bonds is 2. The fourth-order valence-electron chi connectivity index (χ4n) is 2.01. The highest BCUT2D eigenvalue weighted by Crippen LogP contribution is 2.42. The molecule has 20 heavy (non-hydrogen) atoms. The Morgan fingerprint density at radius 1 is 1.20 bits per heavy atom. The number of nitrogens with one attached hydrogen (secondary N) is 1. The third-order valence-electron chi connectivity index (χ3n) is 3.07. The van der Waals surface area contributed by atoms with Gasteiger partial charge in [0, 0.05) is 15.6 Å². The molecule has 0 bridgehead atoms. The predicted molar refractivity (Wildman–Crippen MR) is 90.2 cm³/mol.